The summed E-state index contributed by atoms with van der Waals surface area (Å²) in [6, 6.07) is 0. The Bertz CT molecular complexity index is 347. The van der Waals surface area contributed by atoms with Crippen molar-refractivity contribution in [3.63, 3.8) is 0 Å². The maximum absolute atomic E-state index is 10.8. The van der Waals surface area contributed by atoms with Gasteiger partial charge in [0, 0.05) is 12.8 Å². The van der Waals surface area contributed by atoms with E-state index in [4.69, 9.17) is 0 Å². The number of hydrogen-bond acceptors (Lipinski definition) is 2. The molecular formula is C21H44O2. The van der Waals surface area contributed by atoms with Crippen molar-refractivity contribution in [2.24, 2.45) is 0 Å². The van der Waals surface area contributed by atoms with Crippen molar-refractivity contribution in [3.8, 4) is 0 Å². The number of carbonyl (C=O) groups is 2. The Labute approximate surface area is 148 Å². The molecule has 0 aliphatic rings. The molecule has 0 amide bonds. The van der Waals surface area contributed by atoms with Gasteiger partial charge in [0.1, 0.15) is 0 Å². The van der Waals surface area contributed by atoms with E-state index < -0.39 is 0 Å². The van der Waals surface area contributed by atoms with Crippen molar-refractivity contribution < 1.29 is 9.59 Å². The fourth-order valence-electron chi connectivity index (χ4n) is 0.850. The van der Waals surface area contributed by atoms with Crippen molar-refractivity contribution in [1.29, 1.82) is 0 Å². The maximum Gasteiger partial charge on any atom is 0.161 e. The summed E-state index contributed by atoms with van der Waals surface area (Å²) in [6.45, 7) is 21.4. The van der Waals surface area contributed by atoms with Crippen LogP contribution in [-0.4, -0.2) is 11.6 Å². The molecule has 0 saturated carbocycles. The van der Waals surface area contributed by atoms with Gasteiger partial charge >= 0.3 is 0 Å². The molecule has 140 valence electrons. The SMILES string of the molecule is C.C.C.C.C.C=C(C)CC(=O)C(=C)C.C=C(C)CC(=O)C(=C)C. The van der Waals surface area contributed by atoms with Crippen LogP contribution in [0.15, 0.2) is 48.6 Å². The molecule has 0 aromatic rings. The summed E-state index contributed by atoms with van der Waals surface area (Å²) in [7, 11) is 0. The third kappa shape index (κ3) is 33.2. The predicted octanol–water partition coefficient (Wildman–Crippen LogP) is 7.38. The van der Waals surface area contributed by atoms with Crippen molar-refractivity contribution in [2.45, 2.75) is 77.7 Å². The average Bonchev–Trinajstić information content (AvgIpc) is 2.16. The molecule has 0 heterocycles. The Morgan fingerprint density at radius 2 is 0.739 bits per heavy atom. The van der Waals surface area contributed by atoms with Crippen LogP contribution < -0.4 is 0 Å². The summed E-state index contributed by atoms with van der Waals surface area (Å²) in [5.41, 5.74) is 3.00. The number of ketones is 2. The molecule has 0 atom stereocenters. The van der Waals surface area contributed by atoms with Crippen LogP contribution in [0.25, 0.3) is 0 Å². The molecule has 0 spiro atoms. The van der Waals surface area contributed by atoms with Gasteiger partial charge in [0.2, 0.25) is 0 Å². The molecule has 0 aliphatic heterocycles. The van der Waals surface area contributed by atoms with E-state index in [0.29, 0.717) is 24.0 Å². The second-order valence-corrected chi connectivity index (χ2v) is 4.67. The summed E-state index contributed by atoms with van der Waals surface area (Å²) in [5, 5.41) is 0. The maximum atomic E-state index is 10.8. The molecule has 0 N–H and O–H groups in total. The fourth-order valence-corrected chi connectivity index (χ4v) is 0.850. The topological polar surface area (TPSA) is 34.1 Å². The Balaban J connectivity index is -0.0000000366. The second kappa shape index (κ2) is 22.6. The van der Waals surface area contributed by atoms with E-state index in [2.05, 4.69) is 26.3 Å². The van der Waals surface area contributed by atoms with Crippen LogP contribution in [0.4, 0.5) is 0 Å². The third-order valence-electron chi connectivity index (χ3n) is 1.88. The predicted molar refractivity (Wildman–Crippen MR) is 112 cm³/mol. The molecule has 0 radical (unpaired) electrons. The zero-order chi connectivity index (χ0) is 14.9. The highest BCUT2D eigenvalue weighted by atomic mass is 16.1. The standard InChI is InChI=1S/2C8H12O.5CH4/c2*1-6(2)5-8(9)7(3)4;;;;;/h2*1,3,5H2,2,4H3;5*1H4. The monoisotopic (exact) mass is 328 g/mol. The Hall–Kier alpha value is -1.70. The van der Waals surface area contributed by atoms with Crippen LogP contribution >= 0.6 is 0 Å². The largest absolute Gasteiger partial charge is 0.294 e. The van der Waals surface area contributed by atoms with Gasteiger partial charge in [-0.1, -0.05) is 74.6 Å². The summed E-state index contributed by atoms with van der Waals surface area (Å²) >= 11 is 0. The van der Waals surface area contributed by atoms with E-state index in [1.165, 1.54) is 0 Å². The Morgan fingerprint density at radius 1 is 0.565 bits per heavy atom. The van der Waals surface area contributed by atoms with Gasteiger partial charge in [0.25, 0.3) is 0 Å². The first-order chi connectivity index (χ1) is 8.07. The van der Waals surface area contributed by atoms with Gasteiger partial charge < -0.3 is 0 Å². The molecule has 0 aromatic heterocycles. The Kier molecular flexibility index (Phi) is 42.1. The highest BCUT2D eigenvalue weighted by Crippen LogP contribution is 2.02. The molecule has 0 saturated heterocycles. The van der Waals surface area contributed by atoms with Gasteiger partial charge in [-0.2, -0.15) is 0 Å². The summed E-state index contributed by atoms with van der Waals surface area (Å²) in [6.07, 6.45) is 0.880. The van der Waals surface area contributed by atoms with Crippen LogP contribution in [0.5, 0.6) is 0 Å². The number of hydrogen-bond donors (Lipinski definition) is 0. The lowest BCUT2D eigenvalue weighted by Crippen LogP contribution is -1.97. The zero-order valence-corrected chi connectivity index (χ0v) is 12.1. The first kappa shape index (κ1) is 42.9. The van der Waals surface area contributed by atoms with Crippen molar-refractivity contribution in [3.05, 3.63) is 48.6 Å². The first-order valence-electron chi connectivity index (χ1n) is 5.74. The molecule has 0 aromatic carbocycles. The van der Waals surface area contributed by atoms with Crippen LogP contribution in [-0.2, 0) is 9.59 Å². The molecule has 2 heteroatoms. The smallest absolute Gasteiger partial charge is 0.161 e. The van der Waals surface area contributed by atoms with Gasteiger partial charge in [-0.15, -0.1) is 0 Å². The van der Waals surface area contributed by atoms with Crippen LogP contribution in [0.2, 0.25) is 0 Å². The lowest BCUT2D eigenvalue weighted by atomic mass is 10.1. The highest BCUT2D eigenvalue weighted by molar-refractivity contribution is 5.95. The summed E-state index contributed by atoms with van der Waals surface area (Å²) in [4.78, 5) is 21.6. The van der Waals surface area contributed by atoms with Gasteiger partial charge in [0.05, 0.1) is 0 Å². The lowest BCUT2D eigenvalue weighted by Gasteiger charge is -1.95. The van der Waals surface area contributed by atoms with Gasteiger partial charge in [-0.25, -0.2) is 0 Å². The molecular weight excluding hydrogens is 284 g/mol. The molecule has 0 fully saturated rings. The normalized spacial score (nSPS) is 6.78. The van der Waals surface area contributed by atoms with Crippen LogP contribution in [0.3, 0.4) is 0 Å². The number of rotatable bonds is 6. The second-order valence-electron chi connectivity index (χ2n) is 4.67. The molecule has 23 heavy (non-hydrogen) atoms. The number of allylic oxidation sites excluding steroid dienone is 4. The minimum Gasteiger partial charge on any atom is -0.294 e. The first-order valence-corrected chi connectivity index (χ1v) is 5.74. The van der Waals surface area contributed by atoms with Crippen LogP contribution in [0, 0.1) is 0 Å². The van der Waals surface area contributed by atoms with Gasteiger partial charge in [0.15, 0.2) is 11.6 Å². The van der Waals surface area contributed by atoms with Crippen molar-refractivity contribution in [2.75, 3.05) is 0 Å². The van der Waals surface area contributed by atoms with E-state index in [1.54, 1.807) is 13.8 Å². The van der Waals surface area contributed by atoms with Gasteiger partial charge in [-0.3, -0.25) is 9.59 Å². The average molecular weight is 329 g/mol. The number of Topliss-reactive ketones (excluding diaryl/α,β-unsaturated/α-hetero) is 2. The van der Waals surface area contributed by atoms with Crippen LogP contribution in [0.1, 0.15) is 77.7 Å². The van der Waals surface area contributed by atoms with Crippen molar-refractivity contribution >= 4 is 11.6 Å². The minimum absolute atomic E-state index is 0. The quantitative estimate of drug-likeness (QED) is 0.376. The lowest BCUT2D eigenvalue weighted by molar-refractivity contribution is -0.115. The summed E-state index contributed by atoms with van der Waals surface area (Å²) in [5.74, 6) is 0.171. The Morgan fingerprint density at radius 3 is 0.783 bits per heavy atom. The van der Waals surface area contributed by atoms with E-state index in [9.17, 15) is 9.59 Å². The number of carbonyl (C=O) groups excluding carboxylic acids is 2. The van der Waals surface area contributed by atoms with E-state index in [-0.39, 0.29) is 48.7 Å². The molecule has 0 rings (SSSR count). The third-order valence-corrected chi connectivity index (χ3v) is 1.88. The fraction of sp³-hybridized carbons (Fsp3) is 0.524. The van der Waals surface area contributed by atoms with E-state index in [0.717, 1.165) is 11.1 Å². The zero-order valence-electron chi connectivity index (χ0n) is 12.1. The van der Waals surface area contributed by atoms with E-state index >= 15 is 0 Å². The molecule has 2 nitrogen and oxygen atoms in total. The highest BCUT2D eigenvalue weighted by Gasteiger charge is 2.00. The van der Waals surface area contributed by atoms with E-state index in [1.807, 2.05) is 13.8 Å². The minimum atomic E-state index is 0. The summed E-state index contributed by atoms with van der Waals surface area (Å²) < 4.78 is 0. The van der Waals surface area contributed by atoms with Gasteiger partial charge in [-0.05, 0) is 38.8 Å². The molecule has 0 bridgehead atoms. The van der Waals surface area contributed by atoms with Crippen molar-refractivity contribution in [1.82, 2.24) is 0 Å². The molecule has 0 unspecified atom stereocenters. The molecule has 0 aliphatic carbocycles.